The molecule has 5 nitrogen and oxygen atoms in total. The van der Waals surface area contributed by atoms with Crippen LogP contribution in [0.25, 0.3) is 10.7 Å². The lowest BCUT2D eigenvalue weighted by molar-refractivity contribution is 0.0953. The van der Waals surface area contributed by atoms with Crippen molar-refractivity contribution in [2.24, 2.45) is 0 Å². The summed E-state index contributed by atoms with van der Waals surface area (Å²) in [4.78, 5) is 13.9. The summed E-state index contributed by atoms with van der Waals surface area (Å²) in [6, 6.07) is 11.8. The van der Waals surface area contributed by atoms with Crippen LogP contribution in [0.2, 0.25) is 0 Å². The highest BCUT2D eigenvalue weighted by molar-refractivity contribution is 8.00. The fourth-order valence-electron chi connectivity index (χ4n) is 3.28. The number of aryl methyl sites for hydroxylation is 1. The van der Waals surface area contributed by atoms with E-state index in [0.29, 0.717) is 6.54 Å². The van der Waals surface area contributed by atoms with Gasteiger partial charge in [0.15, 0.2) is 16.8 Å². The zero-order valence-corrected chi connectivity index (χ0v) is 17.6. The lowest BCUT2D eigenvalue weighted by Gasteiger charge is -2.16. The minimum atomic E-state index is -0.244. The molecule has 4 rings (SSSR count). The van der Waals surface area contributed by atoms with E-state index >= 15 is 0 Å². The van der Waals surface area contributed by atoms with Gasteiger partial charge in [0.25, 0.3) is 0 Å². The van der Waals surface area contributed by atoms with Gasteiger partial charge in [-0.15, -0.1) is 21.5 Å². The number of aromatic nitrogens is 3. The SMILES string of the molecule is Cc1ccc(C(=O)C(C)Sc2nnc(-c3cccs3)n2CC2CCCO2)cc1. The summed E-state index contributed by atoms with van der Waals surface area (Å²) in [5, 5.41) is 11.4. The van der Waals surface area contributed by atoms with Crippen molar-refractivity contribution in [1.29, 1.82) is 0 Å². The van der Waals surface area contributed by atoms with Crippen molar-refractivity contribution in [2.75, 3.05) is 6.61 Å². The quantitative estimate of drug-likeness (QED) is 0.409. The van der Waals surface area contributed by atoms with Crippen LogP contribution in [-0.2, 0) is 11.3 Å². The molecule has 2 aromatic heterocycles. The maximum atomic E-state index is 12.9. The largest absolute Gasteiger partial charge is 0.376 e. The number of thioether (sulfide) groups is 1. The van der Waals surface area contributed by atoms with Crippen LogP contribution in [0.3, 0.4) is 0 Å². The highest BCUT2D eigenvalue weighted by atomic mass is 32.2. The molecule has 28 heavy (non-hydrogen) atoms. The molecule has 1 aliphatic rings. The first-order chi connectivity index (χ1) is 13.6. The van der Waals surface area contributed by atoms with Gasteiger partial charge in [0, 0.05) is 12.2 Å². The lowest BCUT2D eigenvalue weighted by Crippen LogP contribution is -2.18. The van der Waals surface area contributed by atoms with Crippen LogP contribution in [0.5, 0.6) is 0 Å². The molecule has 1 fully saturated rings. The van der Waals surface area contributed by atoms with Crippen LogP contribution >= 0.6 is 23.1 Å². The van der Waals surface area contributed by atoms with Crippen molar-refractivity contribution in [3.63, 3.8) is 0 Å². The van der Waals surface area contributed by atoms with Crippen molar-refractivity contribution in [1.82, 2.24) is 14.8 Å². The second kappa shape index (κ2) is 8.59. The maximum absolute atomic E-state index is 12.9. The van der Waals surface area contributed by atoms with Crippen LogP contribution < -0.4 is 0 Å². The normalized spacial score (nSPS) is 17.7. The Labute approximate surface area is 173 Å². The maximum Gasteiger partial charge on any atom is 0.192 e. The van der Waals surface area contributed by atoms with Crippen molar-refractivity contribution >= 4 is 28.9 Å². The number of thiophene rings is 1. The number of Topliss-reactive ketones (excluding diaryl/α,β-unsaturated/α-hetero) is 1. The van der Waals surface area contributed by atoms with Crippen molar-refractivity contribution in [3.8, 4) is 10.7 Å². The van der Waals surface area contributed by atoms with Crippen LogP contribution in [0.1, 0.15) is 35.7 Å². The molecule has 146 valence electrons. The first-order valence-corrected chi connectivity index (χ1v) is 11.2. The Morgan fingerprint density at radius 2 is 2.14 bits per heavy atom. The van der Waals surface area contributed by atoms with Crippen LogP contribution in [0, 0.1) is 6.92 Å². The molecule has 0 aliphatic carbocycles. The van der Waals surface area contributed by atoms with Gasteiger partial charge < -0.3 is 4.74 Å². The van der Waals surface area contributed by atoms with Crippen molar-refractivity contribution in [3.05, 3.63) is 52.9 Å². The highest BCUT2D eigenvalue weighted by Gasteiger charge is 2.25. The van der Waals surface area contributed by atoms with Gasteiger partial charge >= 0.3 is 0 Å². The number of hydrogen-bond donors (Lipinski definition) is 0. The van der Waals surface area contributed by atoms with Crippen molar-refractivity contribution in [2.45, 2.75) is 49.7 Å². The van der Waals surface area contributed by atoms with E-state index in [0.717, 1.165) is 46.4 Å². The van der Waals surface area contributed by atoms with Gasteiger partial charge in [-0.05, 0) is 38.1 Å². The molecule has 3 aromatic rings. The molecular formula is C21H23N3O2S2. The number of hydrogen-bond acceptors (Lipinski definition) is 6. The van der Waals surface area contributed by atoms with Gasteiger partial charge in [0.2, 0.25) is 0 Å². The summed E-state index contributed by atoms with van der Waals surface area (Å²) in [5.41, 5.74) is 1.88. The van der Waals surface area contributed by atoms with Crippen LogP contribution in [-0.4, -0.2) is 38.5 Å². The highest BCUT2D eigenvalue weighted by Crippen LogP contribution is 2.31. The Morgan fingerprint density at radius 3 is 2.82 bits per heavy atom. The molecule has 2 unspecified atom stereocenters. The van der Waals surface area contributed by atoms with E-state index in [1.165, 1.54) is 11.8 Å². The van der Waals surface area contributed by atoms with Crippen LogP contribution in [0.4, 0.5) is 0 Å². The number of ketones is 1. The molecule has 0 spiro atoms. The Hall–Kier alpha value is -1.96. The molecule has 0 N–H and O–H groups in total. The number of benzene rings is 1. The molecule has 7 heteroatoms. The fourth-order valence-corrected chi connectivity index (χ4v) is 4.94. The monoisotopic (exact) mass is 413 g/mol. The molecule has 0 bridgehead atoms. The van der Waals surface area contributed by atoms with Gasteiger partial charge in [0.1, 0.15) is 0 Å². The molecule has 1 aliphatic heterocycles. The summed E-state index contributed by atoms with van der Waals surface area (Å²) in [5.74, 6) is 0.956. The molecule has 0 saturated carbocycles. The van der Waals surface area contributed by atoms with Gasteiger partial charge in [-0.1, -0.05) is 47.7 Å². The van der Waals surface area contributed by atoms with Crippen molar-refractivity contribution < 1.29 is 9.53 Å². The predicted molar refractivity (Wildman–Crippen MR) is 113 cm³/mol. The third-order valence-electron chi connectivity index (χ3n) is 4.86. The lowest BCUT2D eigenvalue weighted by atomic mass is 10.1. The first-order valence-electron chi connectivity index (χ1n) is 9.48. The van der Waals surface area contributed by atoms with Gasteiger partial charge in [0.05, 0.1) is 22.8 Å². The smallest absolute Gasteiger partial charge is 0.192 e. The fraction of sp³-hybridized carbons (Fsp3) is 0.381. The Bertz CT molecular complexity index is 929. The number of rotatable bonds is 7. The van der Waals surface area contributed by atoms with Gasteiger partial charge in [-0.25, -0.2) is 0 Å². The molecule has 1 aromatic carbocycles. The van der Waals surface area contributed by atoms with E-state index in [2.05, 4.69) is 20.8 Å². The van der Waals surface area contributed by atoms with E-state index < -0.39 is 0 Å². The molecule has 1 saturated heterocycles. The average Bonchev–Trinajstić information content (AvgIpc) is 3.45. The van der Waals surface area contributed by atoms with E-state index in [9.17, 15) is 4.79 Å². The topological polar surface area (TPSA) is 57.0 Å². The van der Waals surface area contributed by atoms with Gasteiger partial charge in [-0.3, -0.25) is 9.36 Å². The standard InChI is InChI=1S/C21H23N3O2S2/c1-14-7-9-16(10-8-14)19(25)15(2)28-21-23-22-20(18-6-4-12-27-18)24(21)13-17-5-3-11-26-17/h4,6-10,12,15,17H,3,5,11,13H2,1-2H3. The minimum absolute atomic E-state index is 0.106. The van der Waals surface area contributed by atoms with Crippen LogP contribution in [0.15, 0.2) is 46.9 Å². The summed E-state index contributed by atoms with van der Waals surface area (Å²) in [6.45, 7) is 5.48. The summed E-state index contributed by atoms with van der Waals surface area (Å²) in [7, 11) is 0. The number of carbonyl (C=O) groups is 1. The summed E-state index contributed by atoms with van der Waals surface area (Å²) in [6.07, 6.45) is 2.31. The minimum Gasteiger partial charge on any atom is -0.376 e. The number of carbonyl (C=O) groups excluding carboxylic acids is 1. The Morgan fingerprint density at radius 1 is 1.32 bits per heavy atom. The summed E-state index contributed by atoms with van der Waals surface area (Å²) < 4.78 is 7.95. The van der Waals surface area contributed by atoms with E-state index in [-0.39, 0.29) is 17.1 Å². The van der Waals surface area contributed by atoms with E-state index in [1.807, 2.05) is 49.6 Å². The second-order valence-corrected chi connectivity index (χ2v) is 9.28. The zero-order valence-electron chi connectivity index (χ0n) is 16.0. The molecule has 3 heterocycles. The molecule has 2 atom stereocenters. The first kappa shape index (κ1) is 19.4. The third-order valence-corrected chi connectivity index (χ3v) is 6.80. The zero-order chi connectivity index (χ0) is 19.5. The molecule has 0 radical (unpaired) electrons. The number of nitrogens with zero attached hydrogens (tertiary/aromatic N) is 3. The predicted octanol–water partition coefficient (Wildman–Crippen LogP) is 4.86. The summed E-state index contributed by atoms with van der Waals surface area (Å²) >= 11 is 3.11. The second-order valence-electron chi connectivity index (χ2n) is 7.02. The number of ether oxygens (including phenoxy) is 1. The Balaban J connectivity index is 1.57. The molecular weight excluding hydrogens is 390 g/mol. The Kier molecular flexibility index (Phi) is 5.94. The average molecular weight is 414 g/mol. The molecule has 0 amide bonds. The van der Waals surface area contributed by atoms with Gasteiger partial charge in [-0.2, -0.15) is 0 Å². The van der Waals surface area contributed by atoms with E-state index in [1.54, 1.807) is 11.3 Å². The van der Waals surface area contributed by atoms with E-state index in [4.69, 9.17) is 4.74 Å². The third kappa shape index (κ3) is 4.21.